The van der Waals surface area contributed by atoms with Gasteiger partial charge >= 0.3 is 0 Å². The van der Waals surface area contributed by atoms with Gasteiger partial charge in [0.15, 0.2) is 11.5 Å². The number of carbonyl (C=O) groups excluding carboxylic acids is 1. The number of nitrogens with one attached hydrogen (secondary N) is 1. The number of benzene rings is 1. The maximum absolute atomic E-state index is 12.4. The van der Waals surface area contributed by atoms with Gasteiger partial charge < -0.3 is 19.7 Å². The summed E-state index contributed by atoms with van der Waals surface area (Å²) < 4.78 is 10.5. The molecular formula is C19H25N3O3. The van der Waals surface area contributed by atoms with Crippen LogP contribution in [-0.2, 0) is 4.79 Å². The van der Waals surface area contributed by atoms with Crippen molar-refractivity contribution in [2.75, 3.05) is 27.3 Å². The summed E-state index contributed by atoms with van der Waals surface area (Å²) in [6.45, 7) is 3.66. The van der Waals surface area contributed by atoms with Crippen molar-refractivity contribution in [1.82, 2.24) is 10.2 Å². The summed E-state index contributed by atoms with van der Waals surface area (Å²) in [7, 11) is 3.15. The lowest BCUT2D eigenvalue weighted by molar-refractivity contribution is -0.117. The van der Waals surface area contributed by atoms with E-state index in [2.05, 4.69) is 5.32 Å². The number of hydrogen-bond donors (Lipinski definition) is 1. The number of rotatable bonds is 6. The molecule has 25 heavy (non-hydrogen) atoms. The minimum absolute atomic E-state index is 0.134. The van der Waals surface area contributed by atoms with Crippen LogP contribution in [0.4, 0.5) is 0 Å². The number of piperidine rings is 1. The Kier molecular flexibility index (Phi) is 6.70. The topological polar surface area (TPSA) is 74.6 Å². The molecule has 0 radical (unpaired) electrons. The fourth-order valence-corrected chi connectivity index (χ4v) is 2.85. The van der Waals surface area contributed by atoms with E-state index in [9.17, 15) is 10.1 Å². The van der Waals surface area contributed by atoms with Gasteiger partial charge in [-0.15, -0.1) is 0 Å². The van der Waals surface area contributed by atoms with E-state index in [0.29, 0.717) is 11.5 Å². The van der Waals surface area contributed by atoms with Gasteiger partial charge in [-0.05, 0) is 43.9 Å². The van der Waals surface area contributed by atoms with Crippen molar-refractivity contribution in [3.63, 3.8) is 0 Å². The molecule has 0 saturated carbocycles. The Hall–Kier alpha value is -2.68. The van der Waals surface area contributed by atoms with Crippen molar-refractivity contribution in [3.05, 3.63) is 35.5 Å². The Morgan fingerprint density at radius 3 is 2.52 bits per heavy atom. The molecule has 0 spiro atoms. The highest BCUT2D eigenvalue weighted by Crippen LogP contribution is 2.29. The highest BCUT2D eigenvalue weighted by atomic mass is 16.5. The Bertz CT molecular complexity index is 673. The van der Waals surface area contributed by atoms with Crippen molar-refractivity contribution in [1.29, 1.82) is 5.26 Å². The summed E-state index contributed by atoms with van der Waals surface area (Å²) in [6.07, 6.45) is 5.07. The predicted molar refractivity (Wildman–Crippen MR) is 95.2 cm³/mol. The lowest BCUT2D eigenvalue weighted by atomic mass is 10.1. The second-order valence-electron chi connectivity index (χ2n) is 6.06. The smallest absolute Gasteiger partial charge is 0.263 e. The maximum Gasteiger partial charge on any atom is 0.263 e. The van der Waals surface area contributed by atoms with Gasteiger partial charge in [-0.25, -0.2) is 0 Å². The average molecular weight is 343 g/mol. The molecule has 1 aromatic rings. The molecule has 1 amide bonds. The van der Waals surface area contributed by atoms with Gasteiger partial charge in [0, 0.05) is 19.3 Å². The zero-order chi connectivity index (χ0) is 18.2. The first-order valence-electron chi connectivity index (χ1n) is 8.47. The highest BCUT2D eigenvalue weighted by Gasteiger charge is 2.17. The molecule has 1 aromatic carbocycles. The summed E-state index contributed by atoms with van der Waals surface area (Å²) in [6, 6.07) is 7.24. The van der Waals surface area contributed by atoms with E-state index in [1.807, 2.05) is 30.0 Å². The fourth-order valence-electron chi connectivity index (χ4n) is 2.85. The third-order valence-corrected chi connectivity index (χ3v) is 4.32. The lowest BCUT2D eigenvalue weighted by Gasteiger charge is -2.25. The molecule has 1 aliphatic heterocycles. The first-order chi connectivity index (χ1) is 12.1. The second kappa shape index (κ2) is 8.97. The number of ether oxygens (including phenoxy) is 2. The van der Waals surface area contributed by atoms with Gasteiger partial charge in [-0.2, -0.15) is 5.26 Å². The molecule has 1 heterocycles. The van der Waals surface area contributed by atoms with Crippen LogP contribution in [0.1, 0.15) is 37.8 Å². The van der Waals surface area contributed by atoms with E-state index in [0.717, 1.165) is 31.5 Å². The van der Waals surface area contributed by atoms with Crippen LogP contribution < -0.4 is 14.8 Å². The Morgan fingerprint density at radius 2 is 1.92 bits per heavy atom. The summed E-state index contributed by atoms with van der Waals surface area (Å²) in [5.74, 6) is 0.869. The maximum atomic E-state index is 12.4. The van der Waals surface area contributed by atoms with Crippen LogP contribution in [-0.4, -0.2) is 38.1 Å². The number of nitrogens with zero attached hydrogens (tertiary/aromatic N) is 2. The van der Waals surface area contributed by atoms with Crippen LogP contribution in [0.5, 0.6) is 11.5 Å². The van der Waals surface area contributed by atoms with Crippen molar-refractivity contribution >= 4 is 5.91 Å². The summed E-state index contributed by atoms with van der Waals surface area (Å²) >= 11 is 0. The minimum atomic E-state index is -0.365. The van der Waals surface area contributed by atoms with E-state index in [-0.39, 0.29) is 17.5 Å². The van der Waals surface area contributed by atoms with Crippen LogP contribution in [0, 0.1) is 11.3 Å². The number of carbonyl (C=O) groups is 1. The van der Waals surface area contributed by atoms with Gasteiger partial charge in [0.2, 0.25) is 0 Å². The molecule has 6 heteroatoms. The van der Waals surface area contributed by atoms with Crippen molar-refractivity contribution < 1.29 is 14.3 Å². The molecule has 0 bridgehead atoms. The average Bonchev–Trinajstić information content (AvgIpc) is 2.66. The SMILES string of the molecule is COc1ccc(C(C)NC(=O)/C(C#N)=C\N2CCCCC2)cc1OC. The number of nitriles is 1. The molecule has 1 fully saturated rings. The third kappa shape index (κ3) is 4.90. The number of hydrogen-bond acceptors (Lipinski definition) is 5. The van der Waals surface area contributed by atoms with E-state index in [4.69, 9.17) is 9.47 Å². The van der Waals surface area contributed by atoms with Gasteiger partial charge in [-0.3, -0.25) is 4.79 Å². The van der Waals surface area contributed by atoms with Gasteiger partial charge in [0.25, 0.3) is 5.91 Å². The van der Waals surface area contributed by atoms with E-state index < -0.39 is 0 Å². The highest BCUT2D eigenvalue weighted by molar-refractivity contribution is 5.97. The van der Waals surface area contributed by atoms with Gasteiger partial charge in [0.05, 0.1) is 20.3 Å². The molecule has 0 aliphatic carbocycles. The quantitative estimate of drug-likeness (QED) is 0.635. The van der Waals surface area contributed by atoms with E-state index in [1.54, 1.807) is 26.5 Å². The number of methoxy groups -OCH3 is 2. The van der Waals surface area contributed by atoms with E-state index >= 15 is 0 Å². The largest absolute Gasteiger partial charge is 0.493 e. The summed E-state index contributed by atoms with van der Waals surface area (Å²) in [4.78, 5) is 14.5. The van der Waals surface area contributed by atoms with Crippen LogP contribution in [0.2, 0.25) is 0 Å². The third-order valence-electron chi connectivity index (χ3n) is 4.32. The zero-order valence-electron chi connectivity index (χ0n) is 15.0. The molecule has 134 valence electrons. The summed E-state index contributed by atoms with van der Waals surface area (Å²) in [5.41, 5.74) is 1.01. The minimum Gasteiger partial charge on any atom is -0.493 e. The van der Waals surface area contributed by atoms with Gasteiger partial charge in [-0.1, -0.05) is 6.07 Å². The first kappa shape index (κ1) is 18.7. The van der Waals surface area contributed by atoms with Gasteiger partial charge in [0.1, 0.15) is 11.6 Å². The molecular weight excluding hydrogens is 318 g/mol. The second-order valence-corrected chi connectivity index (χ2v) is 6.06. The van der Waals surface area contributed by atoms with Crippen LogP contribution in [0.3, 0.4) is 0 Å². The number of amides is 1. The predicted octanol–water partition coefficient (Wildman–Crippen LogP) is 2.77. The zero-order valence-corrected chi connectivity index (χ0v) is 15.0. The molecule has 1 atom stereocenters. The Morgan fingerprint density at radius 1 is 1.24 bits per heavy atom. The molecule has 1 aliphatic rings. The molecule has 1 unspecified atom stereocenters. The Labute approximate surface area is 149 Å². The van der Waals surface area contributed by atoms with Crippen molar-refractivity contribution in [2.24, 2.45) is 0 Å². The normalized spacial score (nSPS) is 15.9. The fraction of sp³-hybridized carbons (Fsp3) is 0.474. The molecule has 1 N–H and O–H groups in total. The van der Waals surface area contributed by atoms with E-state index in [1.165, 1.54) is 6.42 Å². The van der Waals surface area contributed by atoms with Crippen LogP contribution >= 0.6 is 0 Å². The Balaban J connectivity index is 2.07. The molecule has 2 rings (SSSR count). The molecule has 0 aromatic heterocycles. The molecule has 1 saturated heterocycles. The monoisotopic (exact) mass is 343 g/mol. The number of likely N-dealkylation sites (tertiary alicyclic amines) is 1. The first-order valence-corrected chi connectivity index (χ1v) is 8.47. The van der Waals surface area contributed by atoms with Crippen molar-refractivity contribution in [3.8, 4) is 17.6 Å². The summed E-state index contributed by atoms with van der Waals surface area (Å²) in [5, 5.41) is 12.2. The van der Waals surface area contributed by atoms with Crippen LogP contribution in [0.15, 0.2) is 30.0 Å². The standard InChI is InChI=1S/C19H25N3O3/c1-14(15-7-8-17(24-2)18(11-15)25-3)21-19(23)16(12-20)13-22-9-5-4-6-10-22/h7-8,11,13-14H,4-6,9-10H2,1-3H3,(H,21,23)/b16-13-. The van der Waals surface area contributed by atoms with Crippen molar-refractivity contribution in [2.45, 2.75) is 32.2 Å². The van der Waals surface area contributed by atoms with Crippen LogP contribution in [0.25, 0.3) is 0 Å². The lowest BCUT2D eigenvalue weighted by Crippen LogP contribution is -2.30. The molecule has 6 nitrogen and oxygen atoms in total.